The predicted octanol–water partition coefficient (Wildman–Crippen LogP) is 2.50. The molecule has 0 bridgehead atoms. The summed E-state index contributed by atoms with van der Waals surface area (Å²) in [5.41, 5.74) is 3.09. The highest BCUT2D eigenvalue weighted by atomic mass is 16.5. The van der Waals surface area contributed by atoms with E-state index in [4.69, 9.17) is 4.74 Å². The molecule has 0 spiro atoms. The van der Waals surface area contributed by atoms with Gasteiger partial charge in [0.1, 0.15) is 24.0 Å². The summed E-state index contributed by atoms with van der Waals surface area (Å²) in [5.74, 6) is 1.95. The lowest BCUT2D eigenvalue weighted by atomic mass is 10.1. The van der Waals surface area contributed by atoms with Crippen LogP contribution in [-0.2, 0) is 13.5 Å². The van der Waals surface area contributed by atoms with E-state index < -0.39 is 0 Å². The van der Waals surface area contributed by atoms with Crippen molar-refractivity contribution in [3.8, 4) is 5.75 Å². The van der Waals surface area contributed by atoms with Crippen LogP contribution in [0.4, 0.5) is 5.82 Å². The molecule has 0 N–H and O–H groups in total. The minimum atomic E-state index is 0.194. The minimum absolute atomic E-state index is 0.194. The van der Waals surface area contributed by atoms with Crippen LogP contribution in [-0.4, -0.2) is 38.9 Å². The van der Waals surface area contributed by atoms with E-state index in [0.717, 1.165) is 47.8 Å². The Balaban J connectivity index is 1.52. The van der Waals surface area contributed by atoms with E-state index in [1.54, 1.807) is 11.0 Å². The number of hydrogen-bond acceptors (Lipinski definition) is 5. The Morgan fingerprint density at radius 3 is 2.79 bits per heavy atom. The highest BCUT2D eigenvalue weighted by Gasteiger charge is 2.32. The van der Waals surface area contributed by atoms with Gasteiger partial charge >= 0.3 is 0 Å². The number of fused-ring (bicyclic) bond motifs is 1. The average molecular weight is 323 g/mol. The number of benzene rings is 1. The van der Waals surface area contributed by atoms with Gasteiger partial charge in [-0.3, -0.25) is 4.68 Å². The van der Waals surface area contributed by atoms with Crippen molar-refractivity contribution in [3.05, 3.63) is 41.9 Å². The summed E-state index contributed by atoms with van der Waals surface area (Å²) in [6.45, 7) is 5.82. The quantitative estimate of drug-likeness (QED) is 0.738. The maximum atomic E-state index is 6.17. The van der Waals surface area contributed by atoms with Gasteiger partial charge in [-0.25, -0.2) is 9.97 Å². The first-order valence-corrected chi connectivity index (χ1v) is 8.31. The first-order valence-electron chi connectivity index (χ1n) is 8.31. The molecule has 24 heavy (non-hydrogen) atoms. The summed E-state index contributed by atoms with van der Waals surface area (Å²) >= 11 is 0. The zero-order valence-electron chi connectivity index (χ0n) is 14.2. The molecule has 0 saturated carbocycles. The lowest BCUT2D eigenvalue weighted by molar-refractivity contribution is 0.165. The van der Waals surface area contributed by atoms with E-state index in [-0.39, 0.29) is 6.10 Å². The van der Waals surface area contributed by atoms with Crippen molar-refractivity contribution in [2.24, 2.45) is 7.05 Å². The number of rotatable bonds is 4. The average Bonchev–Trinajstić information content (AvgIpc) is 2.86. The monoisotopic (exact) mass is 323 g/mol. The maximum absolute atomic E-state index is 6.17. The van der Waals surface area contributed by atoms with Crippen LogP contribution in [0.2, 0.25) is 0 Å². The molecule has 0 aliphatic carbocycles. The Kier molecular flexibility index (Phi) is 3.59. The minimum Gasteiger partial charge on any atom is -0.486 e. The maximum Gasteiger partial charge on any atom is 0.163 e. The third-order valence-corrected chi connectivity index (χ3v) is 4.57. The Morgan fingerprint density at radius 2 is 2.00 bits per heavy atom. The van der Waals surface area contributed by atoms with Crippen LogP contribution < -0.4 is 9.64 Å². The Bertz CT molecular complexity index is 882. The molecular formula is C18H21N5O. The molecule has 0 atom stereocenters. The standard InChI is InChI=1S/C18H21N5O/c1-4-13-7-5-6-8-15(13)24-14-9-23(10-14)18-16-12(2)21-22(3)17(16)19-11-20-18/h5-8,11,14H,4,9-10H2,1-3H3. The Hall–Kier alpha value is -2.63. The molecule has 6 heteroatoms. The molecule has 0 radical (unpaired) electrons. The lowest BCUT2D eigenvalue weighted by Gasteiger charge is -2.40. The molecule has 0 unspecified atom stereocenters. The van der Waals surface area contributed by atoms with Gasteiger partial charge in [-0.1, -0.05) is 25.1 Å². The predicted molar refractivity (Wildman–Crippen MR) is 93.5 cm³/mol. The van der Waals surface area contributed by atoms with Gasteiger partial charge in [0.2, 0.25) is 0 Å². The highest BCUT2D eigenvalue weighted by molar-refractivity contribution is 5.90. The van der Waals surface area contributed by atoms with Gasteiger partial charge in [-0.05, 0) is 25.0 Å². The third kappa shape index (κ3) is 2.38. The smallest absolute Gasteiger partial charge is 0.163 e. The van der Waals surface area contributed by atoms with Gasteiger partial charge < -0.3 is 9.64 Å². The fraction of sp³-hybridized carbons (Fsp3) is 0.389. The van der Waals surface area contributed by atoms with Crippen molar-refractivity contribution in [1.82, 2.24) is 19.7 Å². The van der Waals surface area contributed by atoms with Crippen LogP contribution in [0.1, 0.15) is 18.2 Å². The summed E-state index contributed by atoms with van der Waals surface area (Å²) < 4.78 is 7.97. The molecule has 3 heterocycles. The number of aromatic nitrogens is 4. The normalized spacial score (nSPS) is 14.9. The summed E-state index contributed by atoms with van der Waals surface area (Å²) in [6.07, 6.45) is 2.78. The molecule has 3 aromatic rings. The van der Waals surface area contributed by atoms with E-state index in [0.29, 0.717) is 0 Å². The molecule has 1 aliphatic heterocycles. The molecule has 0 amide bonds. The van der Waals surface area contributed by atoms with Gasteiger partial charge in [0.05, 0.1) is 24.2 Å². The van der Waals surface area contributed by atoms with Gasteiger partial charge in [-0.15, -0.1) is 0 Å². The molecule has 2 aromatic heterocycles. The van der Waals surface area contributed by atoms with Crippen LogP contribution in [0.5, 0.6) is 5.75 Å². The van der Waals surface area contributed by atoms with E-state index in [2.05, 4.69) is 45.1 Å². The molecule has 6 nitrogen and oxygen atoms in total. The van der Waals surface area contributed by atoms with Crippen molar-refractivity contribution in [2.45, 2.75) is 26.4 Å². The van der Waals surface area contributed by atoms with E-state index in [1.807, 2.05) is 20.0 Å². The molecule has 1 aliphatic rings. The highest BCUT2D eigenvalue weighted by Crippen LogP contribution is 2.30. The van der Waals surface area contributed by atoms with Crippen molar-refractivity contribution in [1.29, 1.82) is 0 Å². The van der Waals surface area contributed by atoms with Crippen LogP contribution in [0.25, 0.3) is 11.0 Å². The fourth-order valence-corrected chi connectivity index (χ4v) is 3.27. The van der Waals surface area contributed by atoms with Crippen molar-refractivity contribution >= 4 is 16.9 Å². The number of hydrogen-bond donors (Lipinski definition) is 0. The van der Waals surface area contributed by atoms with Crippen molar-refractivity contribution in [2.75, 3.05) is 18.0 Å². The number of aryl methyl sites for hydroxylation is 3. The fourth-order valence-electron chi connectivity index (χ4n) is 3.27. The number of nitrogens with zero attached hydrogens (tertiary/aromatic N) is 5. The molecule has 124 valence electrons. The topological polar surface area (TPSA) is 56.1 Å². The van der Waals surface area contributed by atoms with Gasteiger partial charge in [0, 0.05) is 7.05 Å². The second-order valence-corrected chi connectivity index (χ2v) is 6.21. The molecule has 1 aromatic carbocycles. The molecule has 1 fully saturated rings. The summed E-state index contributed by atoms with van der Waals surface area (Å²) in [6, 6.07) is 8.26. The van der Waals surface area contributed by atoms with E-state index in [9.17, 15) is 0 Å². The molecule has 1 saturated heterocycles. The Morgan fingerprint density at radius 1 is 1.21 bits per heavy atom. The van der Waals surface area contributed by atoms with Crippen LogP contribution in [0, 0.1) is 6.92 Å². The summed E-state index contributed by atoms with van der Waals surface area (Å²) in [4.78, 5) is 11.1. The largest absolute Gasteiger partial charge is 0.486 e. The zero-order valence-corrected chi connectivity index (χ0v) is 14.2. The van der Waals surface area contributed by atoms with Crippen LogP contribution in [0.3, 0.4) is 0 Å². The first kappa shape index (κ1) is 14.9. The zero-order chi connectivity index (χ0) is 16.7. The second-order valence-electron chi connectivity index (χ2n) is 6.21. The Labute approximate surface area is 141 Å². The molecule has 4 rings (SSSR count). The summed E-state index contributed by atoms with van der Waals surface area (Å²) in [7, 11) is 1.91. The number of anilines is 1. The molecular weight excluding hydrogens is 302 g/mol. The number of para-hydroxylation sites is 1. The first-order chi connectivity index (χ1) is 11.7. The second kappa shape index (κ2) is 5.78. The number of ether oxygens (including phenoxy) is 1. The van der Waals surface area contributed by atoms with Crippen molar-refractivity contribution in [3.63, 3.8) is 0 Å². The lowest BCUT2D eigenvalue weighted by Crippen LogP contribution is -2.54. The van der Waals surface area contributed by atoms with Gasteiger partial charge in [-0.2, -0.15) is 5.10 Å². The van der Waals surface area contributed by atoms with Crippen LogP contribution >= 0.6 is 0 Å². The van der Waals surface area contributed by atoms with Crippen molar-refractivity contribution < 1.29 is 4.74 Å². The SMILES string of the molecule is CCc1ccccc1OC1CN(c2ncnc3c2c(C)nn3C)C1. The third-order valence-electron chi connectivity index (χ3n) is 4.57. The van der Waals surface area contributed by atoms with Gasteiger partial charge in [0.15, 0.2) is 5.65 Å². The van der Waals surface area contributed by atoms with E-state index in [1.165, 1.54) is 5.56 Å². The van der Waals surface area contributed by atoms with Crippen LogP contribution in [0.15, 0.2) is 30.6 Å². The van der Waals surface area contributed by atoms with Gasteiger partial charge in [0.25, 0.3) is 0 Å². The van der Waals surface area contributed by atoms with E-state index >= 15 is 0 Å². The summed E-state index contributed by atoms with van der Waals surface area (Å²) in [5, 5.41) is 5.49.